The highest BCUT2D eigenvalue weighted by molar-refractivity contribution is 7.80. The van der Waals surface area contributed by atoms with E-state index in [9.17, 15) is 0 Å². The van der Waals surface area contributed by atoms with Crippen molar-refractivity contribution < 1.29 is 0 Å². The van der Waals surface area contributed by atoms with Gasteiger partial charge in [0.2, 0.25) is 0 Å². The van der Waals surface area contributed by atoms with E-state index < -0.39 is 0 Å². The molecular weight excluding hydrogens is 178 g/mol. The van der Waals surface area contributed by atoms with Crippen LogP contribution in [-0.2, 0) is 0 Å². The molecule has 1 saturated heterocycles. The molecule has 0 saturated carbocycles. The summed E-state index contributed by atoms with van der Waals surface area (Å²) in [6, 6.07) is 0.775. The van der Waals surface area contributed by atoms with Crippen molar-refractivity contribution in [1.29, 1.82) is 0 Å². The molecule has 0 atom stereocenters. The van der Waals surface area contributed by atoms with Crippen molar-refractivity contribution in [2.45, 2.75) is 53.5 Å². The van der Waals surface area contributed by atoms with Gasteiger partial charge in [0, 0.05) is 6.04 Å². The first-order valence-corrected chi connectivity index (χ1v) is 6.20. The molecule has 0 aromatic rings. The predicted molar refractivity (Wildman–Crippen MR) is 66.8 cm³/mol. The van der Waals surface area contributed by atoms with E-state index in [1.54, 1.807) is 0 Å². The maximum atomic E-state index is 3.79. The van der Waals surface area contributed by atoms with E-state index >= 15 is 0 Å². The minimum absolute atomic E-state index is 0.775. The van der Waals surface area contributed by atoms with Gasteiger partial charge in [-0.3, -0.25) is 0 Å². The molecule has 1 rings (SSSR count). The molecule has 1 aliphatic heterocycles. The molecular formula is C11H27NS. The normalized spacial score (nSPS) is 15.9. The summed E-state index contributed by atoms with van der Waals surface area (Å²) >= 11 is 3.79. The second kappa shape index (κ2) is 12.3. The van der Waals surface area contributed by atoms with Gasteiger partial charge in [-0.2, -0.15) is 12.6 Å². The standard InChI is InChI=1S/C7H15N.C2H6S.C2H6/c1-7(2)8-5-3-4-6-8;1-2-3;1-2/h7H,3-6H2,1-2H3;3H,2H2,1H3;1-2H3. The van der Waals surface area contributed by atoms with Crippen molar-refractivity contribution in [2.24, 2.45) is 0 Å². The molecule has 0 amide bonds. The van der Waals surface area contributed by atoms with E-state index in [2.05, 4.69) is 31.4 Å². The smallest absolute Gasteiger partial charge is 0.00385 e. The van der Waals surface area contributed by atoms with Gasteiger partial charge in [-0.25, -0.2) is 0 Å². The molecule has 1 fully saturated rings. The molecule has 82 valence electrons. The lowest BCUT2D eigenvalue weighted by Crippen LogP contribution is -2.26. The Kier molecular flexibility index (Phi) is 14.9. The van der Waals surface area contributed by atoms with Crippen molar-refractivity contribution in [3.8, 4) is 0 Å². The average molecular weight is 205 g/mol. The predicted octanol–water partition coefficient (Wildman–Crippen LogP) is 3.45. The first-order valence-electron chi connectivity index (χ1n) is 5.57. The lowest BCUT2D eigenvalue weighted by atomic mass is 10.3. The zero-order valence-corrected chi connectivity index (χ0v) is 10.9. The third-order valence-corrected chi connectivity index (χ3v) is 1.87. The largest absolute Gasteiger partial charge is 0.301 e. The van der Waals surface area contributed by atoms with Crippen LogP contribution in [0.25, 0.3) is 0 Å². The van der Waals surface area contributed by atoms with E-state index in [1.807, 2.05) is 20.8 Å². The molecule has 1 nitrogen and oxygen atoms in total. The van der Waals surface area contributed by atoms with Crippen LogP contribution < -0.4 is 0 Å². The van der Waals surface area contributed by atoms with E-state index in [0.717, 1.165) is 11.8 Å². The van der Waals surface area contributed by atoms with E-state index in [4.69, 9.17) is 0 Å². The maximum Gasteiger partial charge on any atom is 0.00385 e. The highest BCUT2D eigenvalue weighted by Gasteiger charge is 2.13. The molecule has 0 aromatic carbocycles. The molecule has 0 aliphatic carbocycles. The first-order chi connectivity index (χ1) is 6.22. The monoisotopic (exact) mass is 205 g/mol. The average Bonchev–Trinajstić information content (AvgIpc) is 2.61. The number of thiol groups is 1. The van der Waals surface area contributed by atoms with Crippen LogP contribution in [0.3, 0.4) is 0 Å². The molecule has 1 aliphatic rings. The topological polar surface area (TPSA) is 3.24 Å². The van der Waals surface area contributed by atoms with Gasteiger partial charge in [0.25, 0.3) is 0 Å². The van der Waals surface area contributed by atoms with Crippen molar-refractivity contribution in [3.05, 3.63) is 0 Å². The van der Waals surface area contributed by atoms with Crippen LogP contribution in [0.5, 0.6) is 0 Å². The summed E-state index contributed by atoms with van der Waals surface area (Å²) in [7, 11) is 0. The Morgan fingerprint density at radius 3 is 1.62 bits per heavy atom. The molecule has 0 bridgehead atoms. The van der Waals surface area contributed by atoms with Gasteiger partial charge in [-0.05, 0) is 45.5 Å². The van der Waals surface area contributed by atoms with Gasteiger partial charge in [0.1, 0.15) is 0 Å². The number of hydrogen-bond donors (Lipinski definition) is 1. The summed E-state index contributed by atoms with van der Waals surface area (Å²) in [6.07, 6.45) is 2.83. The quantitative estimate of drug-likeness (QED) is 0.642. The second-order valence-electron chi connectivity index (χ2n) is 3.15. The summed E-state index contributed by atoms with van der Waals surface area (Å²) < 4.78 is 0. The van der Waals surface area contributed by atoms with E-state index in [1.165, 1.54) is 25.9 Å². The molecule has 0 spiro atoms. The van der Waals surface area contributed by atoms with Crippen LogP contribution in [0.15, 0.2) is 0 Å². The summed E-state index contributed by atoms with van der Waals surface area (Å²) in [5, 5.41) is 0. The molecule has 13 heavy (non-hydrogen) atoms. The summed E-state index contributed by atoms with van der Waals surface area (Å²) in [4.78, 5) is 2.53. The Morgan fingerprint density at radius 1 is 1.15 bits per heavy atom. The number of rotatable bonds is 1. The van der Waals surface area contributed by atoms with E-state index in [-0.39, 0.29) is 0 Å². The Balaban J connectivity index is 0. The van der Waals surface area contributed by atoms with Gasteiger partial charge in [-0.1, -0.05) is 20.8 Å². The van der Waals surface area contributed by atoms with Crippen LogP contribution >= 0.6 is 12.6 Å². The molecule has 1 heterocycles. The highest BCUT2D eigenvalue weighted by atomic mass is 32.1. The third kappa shape index (κ3) is 10.2. The molecule has 0 unspecified atom stereocenters. The zero-order chi connectivity index (χ0) is 10.7. The Bertz CT molecular complexity index is 78.2. The third-order valence-electron chi connectivity index (χ3n) is 1.87. The summed E-state index contributed by atoms with van der Waals surface area (Å²) in [5.41, 5.74) is 0. The minimum Gasteiger partial charge on any atom is -0.301 e. The number of nitrogens with zero attached hydrogens (tertiary/aromatic N) is 1. The van der Waals surface area contributed by atoms with Crippen LogP contribution in [0.2, 0.25) is 0 Å². The highest BCUT2D eigenvalue weighted by Crippen LogP contribution is 2.09. The van der Waals surface area contributed by atoms with E-state index in [0.29, 0.717) is 0 Å². The maximum absolute atomic E-state index is 3.79. The van der Waals surface area contributed by atoms with Gasteiger partial charge in [-0.15, -0.1) is 0 Å². The fraction of sp³-hybridized carbons (Fsp3) is 1.00. The van der Waals surface area contributed by atoms with Crippen molar-refractivity contribution in [1.82, 2.24) is 4.90 Å². The SMILES string of the molecule is CC.CC(C)N1CCCC1.CCS. The second-order valence-corrected chi connectivity index (χ2v) is 3.79. The lowest BCUT2D eigenvalue weighted by molar-refractivity contribution is 0.276. The van der Waals surface area contributed by atoms with Gasteiger partial charge in [0.15, 0.2) is 0 Å². The van der Waals surface area contributed by atoms with Crippen molar-refractivity contribution in [2.75, 3.05) is 18.8 Å². The lowest BCUT2D eigenvalue weighted by Gasteiger charge is -2.18. The van der Waals surface area contributed by atoms with Gasteiger partial charge in [0.05, 0.1) is 0 Å². The Hall–Kier alpha value is 0.310. The summed E-state index contributed by atoms with van der Waals surface area (Å²) in [5.74, 6) is 0.944. The Labute approximate surface area is 90.3 Å². The van der Waals surface area contributed by atoms with Crippen LogP contribution in [0.4, 0.5) is 0 Å². The number of likely N-dealkylation sites (tertiary alicyclic amines) is 1. The fourth-order valence-electron chi connectivity index (χ4n) is 1.26. The van der Waals surface area contributed by atoms with Crippen molar-refractivity contribution >= 4 is 12.6 Å². The zero-order valence-electron chi connectivity index (χ0n) is 10.0. The minimum atomic E-state index is 0.775. The number of hydrogen-bond acceptors (Lipinski definition) is 2. The van der Waals surface area contributed by atoms with Gasteiger partial charge < -0.3 is 4.90 Å². The molecule has 0 radical (unpaired) electrons. The molecule has 0 aromatic heterocycles. The van der Waals surface area contributed by atoms with Crippen molar-refractivity contribution in [3.63, 3.8) is 0 Å². The first kappa shape index (κ1) is 15.8. The van der Waals surface area contributed by atoms with Gasteiger partial charge >= 0.3 is 0 Å². The summed E-state index contributed by atoms with van der Waals surface area (Å²) in [6.45, 7) is 13.2. The fourth-order valence-corrected chi connectivity index (χ4v) is 1.26. The molecule has 2 heteroatoms. The van der Waals surface area contributed by atoms with Crippen LogP contribution in [-0.4, -0.2) is 29.8 Å². The van der Waals surface area contributed by atoms with Crippen LogP contribution in [0, 0.1) is 0 Å². The molecule has 0 N–H and O–H groups in total. The van der Waals surface area contributed by atoms with Crippen LogP contribution in [0.1, 0.15) is 47.5 Å². The Morgan fingerprint density at radius 2 is 1.46 bits per heavy atom.